The first-order valence-electron chi connectivity index (χ1n) is 6.53. The number of aliphatic carboxylic acids is 2. The van der Waals surface area contributed by atoms with Crippen LogP contribution in [0.1, 0.15) is 17.2 Å². The summed E-state index contributed by atoms with van der Waals surface area (Å²) in [5.74, 6) is -3.54. The standard InChI is InChI=1S/C9H11NO.C4H6O6.CH4O/c10-9-7-4-2-1-3-6(7)5-8(9)11;5-1(3(7)8)2(6)4(9)10;1-2/h1-4,8-9,11H,5,10H2;1-2,5-6H,(H,7,8)(H,9,10);2H,1H3/t8-,9+;;/m0../s1. The molecule has 2 rings (SSSR count). The fourth-order valence-electron chi connectivity index (χ4n) is 1.87. The Balaban J connectivity index is 0.000000383. The molecule has 0 spiro atoms. The van der Waals surface area contributed by atoms with Gasteiger partial charge in [-0.25, -0.2) is 9.59 Å². The maximum absolute atomic E-state index is 9.77. The van der Waals surface area contributed by atoms with Crippen LogP contribution < -0.4 is 5.73 Å². The molecule has 130 valence electrons. The molecule has 9 nitrogen and oxygen atoms in total. The average molecular weight is 331 g/mol. The lowest BCUT2D eigenvalue weighted by Crippen LogP contribution is -2.39. The Morgan fingerprint density at radius 2 is 1.52 bits per heavy atom. The van der Waals surface area contributed by atoms with Gasteiger partial charge >= 0.3 is 11.9 Å². The minimum Gasteiger partial charge on any atom is -0.479 e. The number of fused-ring (bicyclic) bond motifs is 1. The van der Waals surface area contributed by atoms with Gasteiger partial charge in [0.2, 0.25) is 0 Å². The molecule has 0 heterocycles. The van der Waals surface area contributed by atoms with Crippen molar-refractivity contribution in [2.45, 2.75) is 30.8 Å². The first-order valence-corrected chi connectivity index (χ1v) is 6.53. The molecule has 0 saturated carbocycles. The fourth-order valence-corrected chi connectivity index (χ4v) is 1.87. The van der Waals surface area contributed by atoms with Crippen LogP contribution in [0.25, 0.3) is 0 Å². The third-order valence-electron chi connectivity index (χ3n) is 3.06. The van der Waals surface area contributed by atoms with Crippen molar-refractivity contribution in [3.8, 4) is 0 Å². The predicted molar refractivity (Wildman–Crippen MR) is 78.5 cm³/mol. The van der Waals surface area contributed by atoms with E-state index < -0.39 is 24.1 Å². The Labute approximate surface area is 132 Å². The van der Waals surface area contributed by atoms with Crippen molar-refractivity contribution in [3.05, 3.63) is 35.4 Å². The van der Waals surface area contributed by atoms with Gasteiger partial charge in [-0.15, -0.1) is 0 Å². The summed E-state index contributed by atoms with van der Waals surface area (Å²) in [5, 5.41) is 48.9. The van der Waals surface area contributed by atoms with Crippen molar-refractivity contribution in [3.63, 3.8) is 0 Å². The summed E-state index contributed by atoms with van der Waals surface area (Å²) in [4.78, 5) is 19.5. The molecule has 8 N–H and O–H groups in total. The number of rotatable bonds is 3. The van der Waals surface area contributed by atoms with Crippen LogP contribution >= 0.6 is 0 Å². The van der Waals surface area contributed by atoms with Crippen LogP contribution in [0.3, 0.4) is 0 Å². The number of nitrogens with two attached hydrogens (primary N) is 1. The molecule has 1 aromatic rings. The normalized spacial score (nSPS) is 20.8. The van der Waals surface area contributed by atoms with Gasteiger partial charge in [0.05, 0.1) is 12.1 Å². The summed E-state index contributed by atoms with van der Waals surface area (Å²) < 4.78 is 0. The molecule has 0 bridgehead atoms. The Kier molecular flexibility index (Phi) is 9.00. The van der Waals surface area contributed by atoms with E-state index in [4.69, 9.17) is 31.3 Å². The van der Waals surface area contributed by atoms with Crippen LogP contribution in [0.2, 0.25) is 0 Å². The Morgan fingerprint density at radius 1 is 1.09 bits per heavy atom. The second kappa shape index (κ2) is 9.87. The maximum Gasteiger partial charge on any atom is 0.335 e. The van der Waals surface area contributed by atoms with Gasteiger partial charge in [0, 0.05) is 13.5 Å². The molecular weight excluding hydrogens is 310 g/mol. The fraction of sp³-hybridized carbons (Fsp3) is 0.429. The zero-order chi connectivity index (χ0) is 18.2. The van der Waals surface area contributed by atoms with Gasteiger partial charge in [-0.2, -0.15) is 0 Å². The number of hydrogen-bond acceptors (Lipinski definition) is 7. The van der Waals surface area contributed by atoms with Crippen molar-refractivity contribution in [2.24, 2.45) is 5.73 Å². The van der Waals surface area contributed by atoms with E-state index in [0.717, 1.165) is 12.7 Å². The average Bonchev–Trinajstić information content (AvgIpc) is 2.83. The molecule has 0 amide bonds. The van der Waals surface area contributed by atoms with Gasteiger partial charge in [0.1, 0.15) is 0 Å². The first kappa shape index (κ1) is 21.0. The minimum absolute atomic E-state index is 0.175. The number of carboxylic acids is 2. The van der Waals surface area contributed by atoms with Crippen LogP contribution in [-0.4, -0.2) is 68.0 Å². The number of benzene rings is 1. The van der Waals surface area contributed by atoms with Crippen molar-refractivity contribution < 1.29 is 40.2 Å². The highest BCUT2D eigenvalue weighted by atomic mass is 16.4. The Morgan fingerprint density at radius 3 is 1.91 bits per heavy atom. The second-order valence-electron chi connectivity index (χ2n) is 4.56. The number of carbonyl (C=O) groups is 2. The molecule has 23 heavy (non-hydrogen) atoms. The first-order chi connectivity index (χ1) is 10.8. The summed E-state index contributed by atoms with van der Waals surface area (Å²) in [5.41, 5.74) is 8.02. The molecule has 0 aliphatic heterocycles. The summed E-state index contributed by atoms with van der Waals surface area (Å²) in [6.45, 7) is 0. The molecule has 0 saturated heterocycles. The van der Waals surface area contributed by atoms with Crippen LogP contribution in [0.15, 0.2) is 24.3 Å². The molecule has 0 fully saturated rings. The van der Waals surface area contributed by atoms with E-state index in [1.807, 2.05) is 24.3 Å². The molecule has 1 aromatic carbocycles. The zero-order valence-corrected chi connectivity index (χ0v) is 12.4. The maximum atomic E-state index is 9.77. The van der Waals surface area contributed by atoms with E-state index in [1.54, 1.807) is 0 Å². The van der Waals surface area contributed by atoms with E-state index in [2.05, 4.69) is 0 Å². The second-order valence-corrected chi connectivity index (χ2v) is 4.56. The van der Waals surface area contributed by atoms with E-state index in [1.165, 1.54) is 5.56 Å². The van der Waals surface area contributed by atoms with Crippen LogP contribution in [0.4, 0.5) is 0 Å². The highest BCUT2D eigenvalue weighted by Crippen LogP contribution is 2.28. The molecular formula is C14H21NO8. The zero-order valence-electron chi connectivity index (χ0n) is 12.4. The van der Waals surface area contributed by atoms with Gasteiger partial charge in [-0.1, -0.05) is 24.3 Å². The van der Waals surface area contributed by atoms with E-state index >= 15 is 0 Å². The van der Waals surface area contributed by atoms with Gasteiger partial charge < -0.3 is 36.4 Å². The summed E-state index contributed by atoms with van der Waals surface area (Å²) in [6, 6.07) is 7.76. The topological polar surface area (TPSA) is 182 Å². The smallest absolute Gasteiger partial charge is 0.335 e. The van der Waals surface area contributed by atoms with Crippen molar-refractivity contribution in [1.82, 2.24) is 0 Å². The SMILES string of the molecule is CO.N[C@@H]1c2ccccc2C[C@@H]1O.O=C(O)C(O)C(O)C(=O)O. The third-order valence-corrected chi connectivity index (χ3v) is 3.06. The molecule has 0 radical (unpaired) electrons. The van der Waals surface area contributed by atoms with E-state index in [9.17, 15) is 14.7 Å². The minimum atomic E-state index is -2.27. The van der Waals surface area contributed by atoms with Crippen LogP contribution in [0.5, 0.6) is 0 Å². The molecule has 0 aromatic heterocycles. The lowest BCUT2D eigenvalue weighted by Gasteiger charge is -2.07. The Bertz CT molecular complexity index is 503. The molecule has 9 heteroatoms. The quantitative estimate of drug-likeness (QED) is 0.332. The summed E-state index contributed by atoms with van der Waals surface area (Å²) >= 11 is 0. The number of carboxylic acid groups (broad SMARTS) is 2. The van der Waals surface area contributed by atoms with Crippen LogP contribution in [0, 0.1) is 0 Å². The molecule has 1 aliphatic rings. The number of aliphatic hydroxyl groups is 4. The Hall–Kier alpha value is -2.04. The highest BCUT2D eigenvalue weighted by Gasteiger charge is 2.29. The van der Waals surface area contributed by atoms with Crippen molar-refractivity contribution >= 4 is 11.9 Å². The highest BCUT2D eigenvalue weighted by molar-refractivity contribution is 5.83. The van der Waals surface area contributed by atoms with Gasteiger partial charge in [0.15, 0.2) is 12.2 Å². The largest absolute Gasteiger partial charge is 0.479 e. The van der Waals surface area contributed by atoms with Gasteiger partial charge in [0.25, 0.3) is 0 Å². The van der Waals surface area contributed by atoms with Crippen molar-refractivity contribution in [2.75, 3.05) is 7.11 Å². The summed E-state index contributed by atoms with van der Waals surface area (Å²) in [6.07, 6.45) is -4.21. The molecule has 4 atom stereocenters. The van der Waals surface area contributed by atoms with Gasteiger partial charge in [-0.3, -0.25) is 0 Å². The monoisotopic (exact) mass is 331 g/mol. The number of aliphatic hydroxyl groups excluding tert-OH is 4. The molecule has 1 aliphatic carbocycles. The third kappa shape index (κ3) is 5.93. The van der Waals surface area contributed by atoms with Crippen molar-refractivity contribution in [1.29, 1.82) is 0 Å². The summed E-state index contributed by atoms with van der Waals surface area (Å²) in [7, 11) is 1.00. The molecule has 2 unspecified atom stereocenters. The lowest BCUT2D eigenvalue weighted by molar-refractivity contribution is -0.165. The lowest BCUT2D eigenvalue weighted by atomic mass is 10.1. The number of hydrogen-bond donors (Lipinski definition) is 7. The van der Waals surface area contributed by atoms with E-state index in [-0.39, 0.29) is 12.1 Å². The van der Waals surface area contributed by atoms with Crippen LogP contribution in [-0.2, 0) is 16.0 Å². The van der Waals surface area contributed by atoms with E-state index in [0.29, 0.717) is 6.42 Å². The predicted octanol–water partition coefficient (Wildman–Crippen LogP) is -1.91. The van der Waals surface area contributed by atoms with Gasteiger partial charge in [-0.05, 0) is 11.1 Å².